The lowest BCUT2D eigenvalue weighted by molar-refractivity contribution is 0.107. The molecular formula is C27H32ClF2N7O2. The third-order valence-corrected chi connectivity index (χ3v) is 8.46. The van der Waals surface area contributed by atoms with E-state index in [1.807, 2.05) is 6.08 Å². The minimum Gasteiger partial charge on any atom is -0.461 e. The maximum atomic E-state index is 15.1. The molecule has 0 amide bonds. The number of aromatic nitrogens is 5. The standard InChI is InChI=1S/C27H32ClF2N7O2/c1-2-3-7-21-32-20(35-39-21)11-17-6-4-9-36(14-17)25-19-13-31-24(28)22(30)23(19)33-26(34-25)38-16-27-8-5-10-37(27)15-18(29)12-27/h2,13,17-18H,1,3-12,14-16H2/t17?,18-,27+/m1/s1. The number of nitrogens with zero attached hydrogens (tertiary/aromatic N) is 7. The molecule has 0 spiro atoms. The summed E-state index contributed by atoms with van der Waals surface area (Å²) in [6.45, 7) is 6.69. The molecule has 6 rings (SSSR count). The molecule has 3 saturated heterocycles. The van der Waals surface area contributed by atoms with E-state index in [1.165, 1.54) is 6.20 Å². The minimum absolute atomic E-state index is 0.0642. The topological polar surface area (TPSA) is 93.3 Å². The number of allylic oxidation sites excluding steroid dienone is 1. The molecule has 3 fully saturated rings. The van der Waals surface area contributed by atoms with Gasteiger partial charge in [0, 0.05) is 45.1 Å². The lowest BCUT2D eigenvalue weighted by Gasteiger charge is -2.34. The molecule has 12 heteroatoms. The monoisotopic (exact) mass is 559 g/mol. The zero-order chi connectivity index (χ0) is 27.0. The normalized spacial score (nSPS) is 25.4. The first-order chi connectivity index (χ1) is 18.9. The predicted molar refractivity (Wildman–Crippen MR) is 142 cm³/mol. The second kappa shape index (κ2) is 10.9. The van der Waals surface area contributed by atoms with Crippen LogP contribution in [0.3, 0.4) is 0 Å². The van der Waals surface area contributed by atoms with Crippen LogP contribution in [0.15, 0.2) is 23.4 Å². The number of fused-ring (bicyclic) bond motifs is 2. The summed E-state index contributed by atoms with van der Waals surface area (Å²) in [5, 5.41) is 4.37. The summed E-state index contributed by atoms with van der Waals surface area (Å²) in [5.74, 6) is 1.40. The molecule has 0 radical (unpaired) electrons. The van der Waals surface area contributed by atoms with Gasteiger partial charge >= 0.3 is 6.01 Å². The molecular weight excluding hydrogens is 528 g/mol. The zero-order valence-corrected chi connectivity index (χ0v) is 22.5. The molecule has 6 heterocycles. The van der Waals surface area contributed by atoms with E-state index in [2.05, 4.69) is 36.5 Å². The van der Waals surface area contributed by atoms with Crippen LogP contribution in [0.4, 0.5) is 14.6 Å². The molecule has 0 saturated carbocycles. The average Bonchev–Trinajstić information content (AvgIpc) is 3.62. The Morgan fingerprint density at radius 1 is 1.23 bits per heavy atom. The minimum atomic E-state index is -0.869. The lowest BCUT2D eigenvalue weighted by Crippen LogP contribution is -2.43. The Labute approximate surface area is 230 Å². The quantitative estimate of drug-likeness (QED) is 0.272. The Morgan fingerprint density at radius 3 is 3.00 bits per heavy atom. The molecule has 3 aliphatic heterocycles. The van der Waals surface area contributed by atoms with Crippen molar-refractivity contribution in [3.05, 3.63) is 41.5 Å². The number of halogens is 3. The fourth-order valence-corrected chi connectivity index (χ4v) is 6.47. The first-order valence-electron chi connectivity index (χ1n) is 13.6. The van der Waals surface area contributed by atoms with E-state index in [9.17, 15) is 4.39 Å². The summed E-state index contributed by atoms with van der Waals surface area (Å²) in [7, 11) is 0. The predicted octanol–water partition coefficient (Wildman–Crippen LogP) is 4.73. The first kappa shape index (κ1) is 26.3. The first-order valence-corrected chi connectivity index (χ1v) is 14.0. The summed E-state index contributed by atoms with van der Waals surface area (Å²) in [4.78, 5) is 21.9. The second-order valence-corrected chi connectivity index (χ2v) is 11.3. The van der Waals surface area contributed by atoms with E-state index in [-0.39, 0.29) is 34.7 Å². The van der Waals surface area contributed by atoms with Crippen molar-refractivity contribution >= 4 is 28.3 Å². The van der Waals surface area contributed by atoms with Crippen LogP contribution >= 0.6 is 11.6 Å². The Balaban J connectivity index is 1.24. The summed E-state index contributed by atoms with van der Waals surface area (Å²) >= 11 is 6.02. The molecule has 0 bridgehead atoms. The van der Waals surface area contributed by atoms with Gasteiger partial charge in [0.05, 0.1) is 10.9 Å². The molecule has 9 nitrogen and oxygen atoms in total. The molecule has 3 aliphatic rings. The molecule has 0 N–H and O–H groups in total. The summed E-state index contributed by atoms with van der Waals surface area (Å²) in [6.07, 6.45) is 8.81. The molecule has 1 unspecified atom stereocenters. The number of aryl methyl sites for hydroxylation is 1. The summed E-state index contributed by atoms with van der Waals surface area (Å²) < 4.78 is 40.9. The van der Waals surface area contributed by atoms with E-state index in [1.54, 1.807) is 0 Å². The third-order valence-electron chi connectivity index (χ3n) is 8.19. The van der Waals surface area contributed by atoms with Crippen molar-refractivity contribution in [1.82, 2.24) is 30.0 Å². The molecule has 0 aromatic carbocycles. The fourth-order valence-electron chi connectivity index (χ4n) is 6.33. The van der Waals surface area contributed by atoms with E-state index < -0.39 is 12.0 Å². The van der Waals surface area contributed by atoms with Gasteiger partial charge in [0.1, 0.15) is 24.1 Å². The Bertz CT molecular complexity index is 1360. The maximum Gasteiger partial charge on any atom is 0.319 e. The van der Waals surface area contributed by atoms with E-state index >= 15 is 4.39 Å². The van der Waals surface area contributed by atoms with Crippen LogP contribution in [0, 0.1) is 11.7 Å². The second-order valence-electron chi connectivity index (χ2n) is 10.9. The van der Waals surface area contributed by atoms with Gasteiger partial charge in [0.15, 0.2) is 16.8 Å². The molecule has 3 aromatic heterocycles. The molecule has 39 heavy (non-hydrogen) atoms. The number of ether oxygens (including phenoxy) is 1. The van der Waals surface area contributed by atoms with E-state index in [0.29, 0.717) is 55.3 Å². The van der Waals surface area contributed by atoms with Gasteiger partial charge in [-0.15, -0.1) is 6.58 Å². The Hall–Kier alpha value is -2.92. The SMILES string of the molecule is C=CCCc1nc(CC2CCCN(c3nc(OC[C@@]45CCCN4C[C@H](F)C5)nc4c(F)c(Cl)ncc34)C2)no1. The number of anilines is 1. The van der Waals surface area contributed by atoms with Gasteiger partial charge in [0.25, 0.3) is 0 Å². The molecule has 208 valence electrons. The number of hydrogen-bond acceptors (Lipinski definition) is 9. The number of hydrogen-bond donors (Lipinski definition) is 0. The van der Waals surface area contributed by atoms with E-state index in [0.717, 1.165) is 45.2 Å². The van der Waals surface area contributed by atoms with Gasteiger partial charge in [-0.2, -0.15) is 15.0 Å². The summed E-state index contributed by atoms with van der Waals surface area (Å²) in [6, 6.07) is 0.0642. The highest BCUT2D eigenvalue weighted by Crippen LogP contribution is 2.40. The zero-order valence-electron chi connectivity index (χ0n) is 21.8. The number of piperidine rings is 1. The largest absolute Gasteiger partial charge is 0.461 e. The van der Waals surface area contributed by atoms with Gasteiger partial charge in [-0.3, -0.25) is 4.90 Å². The number of rotatable bonds is 9. The van der Waals surface area contributed by atoms with Gasteiger partial charge < -0.3 is 14.2 Å². The highest BCUT2D eigenvalue weighted by atomic mass is 35.5. The van der Waals surface area contributed by atoms with Crippen LogP contribution in [-0.4, -0.2) is 74.5 Å². The van der Waals surface area contributed by atoms with Crippen molar-refractivity contribution in [2.75, 3.05) is 37.7 Å². The highest BCUT2D eigenvalue weighted by Gasteiger charge is 2.49. The molecule has 3 aromatic rings. The molecule has 0 aliphatic carbocycles. The van der Waals surface area contributed by atoms with Gasteiger partial charge in [-0.1, -0.05) is 22.8 Å². The smallest absolute Gasteiger partial charge is 0.319 e. The van der Waals surface area contributed by atoms with Crippen molar-refractivity contribution in [3.63, 3.8) is 0 Å². The lowest BCUT2D eigenvalue weighted by atomic mass is 9.94. The Kier molecular flexibility index (Phi) is 7.37. The van der Waals surface area contributed by atoms with Crippen molar-refractivity contribution in [2.45, 2.75) is 63.1 Å². The van der Waals surface area contributed by atoms with Gasteiger partial charge in [-0.25, -0.2) is 13.8 Å². The van der Waals surface area contributed by atoms with Gasteiger partial charge in [-0.05, 0) is 44.6 Å². The molecule has 3 atom stereocenters. The van der Waals surface area contributed by atoms with Crippen LogP contribution in [0.25, 0.3) is 10.9 Å². The fraction of sp³-hybridized carbons (Fsp3) is 0.593. The summed E-state index contributed by atoms with van der Waals surface area (Å²) in [5.41, 5.74) is -0.296. The van der Waals surface area contributed by atoms with Crippen LogP contribution in [0.2, 0.25) is 5.15 Å². The van der Waals surface area contributed by atoms with Crippen LogP contribution in [0.1, 0.15) is 50.2 Å². The van der Waals surface area contributed by atoms with Gasteiger partial charge in [0.2, 0.25) is 5.89 Å². The Morgan fingerprint density at radius 2 is 2.13 bits per heavy atom. The van der Waals surface area contributed by atoms with Crippen molar-refractivity contribution in [3.8, 4) is 6.01 Å². The highest BCUT2D eigenvalue weighted by molar-refractivity contribution is 6.30. The van der Waals surface area contributed by atoms with Crippen molar-refractivity contribution < 1.29 is 18.0 Å². The van der Waals surface area contributed by atoms with Crippen molar-refractivity contribution in [2.24, 2.45) is 5.92 Å². The van der Waals surface area contributed by atoms with Crippen LogP contribution in [0.5, 0.6) is 6.01 Å². The maximum absolute atomic E-state index is 15.1. The van der Waals surface area contributed by atoms with E-state index in [4.69, 9.17) is 25.8 Å². The van der Waals surface area contributed by atoms with Crippen molar-refractivity contribution in [1.29, 1.82) is 0 Å². The van der Waals surface area contributed by atoms with Crippen LogP contribution in [-0.2, 0) is 12.8 Å². The number of alkyl halides is 1. The van der Waals surface area contributed by atoms with Crippen LogP contribution < -0.4 is 9.64 Å². The number of pyridine rings is 1. The third kappa shape index (κ3) is 5.30. The average molecular weight is 560 g/mol.